The van der Waals surface area contributed by atoms with Crippen LogP contribution in [0.4, 0.5) is 0 Å². The molecule has 4 unspecified atom stereocenters. The first kappa shape index (κ1) is 15.9. The maximum atomic E-state index is 6.38. The highest BCUT2D eigenvalue weighted by molar-refractivity contribution is 4.92. The molecule has 18 heavy (non-hydrogen) atoms. The van der Waals surface area contributed by atoms with Gasteiger partial charge in [-0.3, -0.25) is 4.90 Å². The summed E-state index contributed by atoms with van der Waals surface area (Å²) >= 11 is 0. The quantitative estimate of drug-likeness (QED) is 0.749. The second-order valence-electron chi connectivity index (χ2n) is 5.73. The molecule has 1 fully saturated rings. The molecule has 1 rings (SSSR count). The molecular weight excluding hydrogens is 228 g/mol. The van der Waals surface area contributed by atoms with Crippen molar-refractivity contribution in [2.75, 3.05) is 40.5 Å². The maximum Gasteiger partial charge on any atom is 0.0589 e. The summed E-state index contributed by atoms with van der Waals surface area (Å²) in [4.78, 5) is 2.45. The zero-order valence-electron chi connectivity index (χ0n) is 12.4. The molecule has 0 radical (unpaired) electrons. The normalized spacial score (nSPS) is 33.0. The van der Waals surface area contributed by atoms with E-state index in [-0.39, 0.29) is 6.04 Å². The SMILES string of the molecule is COCCN(CCOC)C1C(C)CC(C)CC1N. The van der Waals surface area contributed by atoms with Crippen molar-refractivity contribution < 1.29 is 9.47 Å². The van der Waals surface area contributed by atoms with Crippen molar-refractivity contribution in [1.29, 1.82) is 0 Å². The molecule has 2 N–H and O–H groups in total. The lowest BCUT2D eigenvalue weighted by Gasteiger charge is -2.44. The molecule has 1 aliphatic carbocycles. The summed E-state index contributed by atoms with van der Waals surface area (Å²) in [5.74, 6) is 1.40. The van der Waals surface area contributed by atoms with Crippen molar-refractivity contribution in [3.63, 3.8) is 0 Å². The molecule has 4 heteroatoms. The average molecular weight is 258 g/mol. The molecule has 4 atom stereocenters. The molecule has 0 aromatic carbocycles. The minimum absolute atomic E-state index is 0.275. The van der Waals surface area contributed by atoms with Gasteiger partial charge in [0, 0.05) is 39.4 Å². The highest BCUT2D eigenvalue weighted by Crippen LogP contribution is 2.31. The molecular formula is C14H30N2O2. The van der Waals surface area contributed by atoms with Crippen molar-refractivity contribution in [2.45, 2.75) is 38.8 Å². The van der Waals surface area contributed by atoms with Gasteiger partial charge in [0.25, 0.3) is 0 Å². The Kier molecular flexibility index (Phi) is 7.15. The third-order valence-corrected chi connectivity index (χ3v) is 4.06. The third-order valence-electron chi connectivity index (χ3n) is 4.06. The summed E-state index contributed by atoms with van der Waals surface area (Å²) in [5.41, 5.74) is 6.38. The van der Waals surface area contributed by atoms with Gasteiger partial charge in [0.05, 0.1) is 13.2 Å². The van der Waals surface area contributed by atoms with Crippen LogP contribution in [0, 0.1) is 11.8 Å². The Morgan fingerprint density at radius 1 is 1.06 bits per heavy atom. The van der Waals surface area contributed by atoms with E-state index in [0.717, 1.165) is 38.6 Å². The van der Waals surface area contributed by atoms with E-state index in [4.69, 9.17) is 15.2 Å². The minimum Gasteiger partial charge on any atom is -0.383 e. The highest BCUT2D eigenvalue weighted by atomic mass is 16.5. The molecule has 0 spiro atoms. The Morgan fingerprint density at radius 2 is 1.61 bits per heavy atom. The maximum absolute atomic E-state index is 6.38. The Hall–Kier alpha value is -0.160. The molecule has 0 aromatic heterocycles. The molecule has 0 saturated heterocycles. The summed E-state index contributed by atoms with van der Waals surface area (Å²) < 4.78 is 10.4. The van der Waals surface area contributed by atoms with Crippen LogP contribution in [0.3, 0.4) is 0 Å². The lowest BCUT2D eigenvalue weighted by atomic mass is 9.76. The van der Waals surface area contributed by atoms with Crippen molar-refractivity contribution in [1.82, 2.24) is 4.90 Å². The fraction of sp³-hybridized carbons (Fsp3) is 1.00. The number of ether oxygens (including phenoxy) is 2. The van der Waals surface area contributed by atoms with Gasteiger partial charge in [0.2, 0.25) is 0 Å². The average Bonchev–Trinajstić information content (AvgIpc) is 2.30. The van der Waals surface area contributed by atoms with Crippen LogP contribution >= 0.6 is 0 Å². The van der Waals surface area contributed by atoms with E-state index in [1.54, 1.807) is 14.2 Å². The molecule has 0 amide bonds. The molecule has 0 bridgehead atoms. The van der Waals surface area contributed by atoms with Gasteiger partial charge < -0.3 is 15.2 Å². The van der Waals surface area contributed by atoms with E-state index in [0.29, 0.717) is 12.0 Å². The monoisotopic (exact) mass is 258 g/mol. The Balaban J connectivity index is 2.62. The number of rotatable bonds is 7. The topological polar surface area (TPSA) is 47.7 Å². The largest absolute Gasteiger partial charge is 0.383 e. The third kappa shape index (κ3) is 4.50. The van der Waals surface area contributed by atoms with Gasteiger partial charge in [-0.15, -0.1) is 0 Å². The zero-order chi connectivity index (χ0) is 13.5. The van der Waals surface area contributed by atoms with Crippen LogP contribution < -0.4 is 5.73 Å². The molecule has 108 valence electrons. The summed E-state index contributed by atoms with van der Waals surface area (Å²) in [5, 5.41) is 0. The van der Waals surface area contributed by atoms with Crippen LogP contribution in [0.15, 0.2) is 0 Å². The van der Waals surface area contributed by atoms with Crippen LogP contribution in [-0.4, -0.2) is 57.5 Å². The lowest BCUT2D eigenvalue weighted by Crippen LogP contribution is -2.56. The fourth-order valence-electron chi connectivity index (χ4n) is 3.35. The summed E-state index contributed by atoms with van der Waals surface area (Å²) in [6, 6.07) is 0.740. The summed E-state index contributed by atoms with van der Waals surface area (Å²) in [6.07, 6.45) is 2.40. The first-order valence-corrected chi connectivity index (χ1v) is 7.07. The predicted octanol–water partition coefficient (Wildman–Crippen LogP) is 1.34. The van der Waals surface area contributed by atoms with Crippen LogP contribution in [0.5, 0.6) is 0 Å². The standard InChI is InChI=1S/C14H30N2O2/c1-11-9-12(2)14(13(15)10-11)16(5-7-17-3)6-8-18-4/h11-14H,5-10,15H2,1-4H3. The zero-order valence-corrected chi connectivity index (χ0v) is 12.4. The number of hydrogen-bond donors (Lipinski definition) is 1. The first-order valence-electron chi connectivity index (χ1n) is 7.07. The number of hydrogen-bond acceptors (Lipinski definition) is 4. The highest BCUT2D eigenvalue weighted by Gasteiger charge is 2.35. The van der Waals surface area contributed by atoms with E-state index in [2.05, 4.69) is 18.7 Å². The fourth-order valence-corrected chi connectivity index (χ4v) is 3.35. The molecule has 1 saturated carbocycles. The minimum atomic E-state index is 0.275. The predicted molar refractivity (Wildman–Crippen MR) is 74.7 cm³/mol. The Labute approximate surface area is 112 Å². The van der Waals surface area contributed by atoms with Crippen LogP contribution in [0.2, 0.25) is 0 Å². The van der Waals surface area contributed by atoms with E-state index in [1.807, 2.05) is 0 Å². The number of nitrogens with zero attached hydrogens (tertiary/aromatic N) is 1. The Bertz CT molecular complexity index is 206. The molecule has 0 aromatic rings. The Morgan fingerprint density at radius 3 is 2.06 bits per heavy atom. The molecule has 0 heterocycles. The molecule has 1 aliphatic rings. The second-order valence-corrected chi connectivity index (χ2v) is 5.73. The van der Waals surface area contributed by atoms with Gasteiger partial charge in [0.1, 0.15) is 0 Å². The lowest BCUT2D eigenvalue weighted by molar-refractivity contribution is 0.0339. The van der Waals surface area contributed by atoms with Gasteiger partial charge in [-0.1, -0.05) is 13.8 Å². The molecule has 0 aliphatic heterocycles. The molecule has 4 nitrogen and oxygen atoms in total. The van der Waals surface area contributed by atoms with Gasteiger partial charge in [-0.25, -0.2) is 0 Å². The van der Waals surface area contributed by atoms with Crippen LogP contribution in [0.1, 0.15) is 26.7 Å². The number of methoxy groups -OCH3 is 2. The number of nitrogens with two attached hydrogens (primary N) is 1. The van der Waals surface area contributed by atoms with Crippen molar-refractivity contribution in [3.8, 4) is 0 Å². The van der Waals surface area contributed by atoms with E-state index >= 15 is 0 Å². The first-order chi connectivity index (χ1) is 8.60. The van der Waals surface area contributed by atoms with Crippen molar-refractivity contribution >= 4 is 0 Å². The summed E-state index contributed by atoms with van der Waals surface area (Å²) in [6.45, 7) is 8.03. The van der Waals surface area contributed by atoms with Gasteiger partial charge in [-0.05, 0) is 24.7 Å². The van der Waals surface area contributed by atoms with E-state index in [1.165, 1.54) is 6.42 Å². The van der Waals surface area contributed by atoms with Crippen LogP contribution in [-0.2, 0) is 9.47 Å². The van der Waals surface area contributed by atoms with Gasteiger partial charge in [0.15, 0.2) is 0 Å². The smallest absolute Gasteiger partial charge is 0.0589 e. The van der Waals surface area contributed by atoms with Crippen molar-refractivity contribution in [3.05, 3.63) is 0 Å². The van der Waals surface area contributed by atoms with Crippen molar-refractivity contribution in [2.24, 2.45) is 17.6 Å². The van der Waals surface area contributed by atoms with Gasteiger partial charge in [-0.2, -0.15) is 0 Å². The van der Waals surface area contributed by atoms with E-state index in [9.17, 15) is 0 Å². The second kappa shape index (κ2) is 8.10. The summed E-state index contributed by atoms with van der Waals surface area (Å²) in [7, 11) is 3.50. The van der Waals surface area contributed by atoms with E-state index < -0.39 is 0 Å². The van der Waals surface area contributed by atoms with Crippen LogP contribution in [0.25, 0.3) is 0 Å². The van der Waals surface area contributed by atoms with Gasteiger partial charge >= 0.3 is 0 Å².